The Hall–Kier alpha value is -2.42. The molecule has 3 nitrogen and oxygen atoms in total. The second-order valence-corrected chi connectivity index (χ2v) is 5.91. The maximum atomic E-state index is 12.5. The van der Waals surface area contributed by atoms with Gasteiger partial charge in [0.1, 0.15) is 0 Å². The quantitative estimate of drug-likeness (QED) is 0.867. The first-order valence-corrected chi connectivity index (χ1v) is 7.10. The zero-order chi connectivity index (χ0) is 14.9. The summed E-state index contributed by atoms with van der Waals surface area (Å²) in [4.78, 5) is 16.9. The topological polar surface area (TPSA) is 41.5 Å². The number of fused-ring (bicyclic) bond motifs is 1. The van der Waals surface area contributed by atoms with Crippen LogP contribution in [0.25, 0.3) is 0 Å². The van der Waals surface area contributed by atoms with Gasteiger partial charge in [-0.25, -0.2) is 4.99 Å². The number of carbonyl (C=O) groups excluding carboxylic acids is 1. The third-order valence-electron chi connectivity index (χ3n) is 3.74. The van der Waals surface area contributed by atoms with Gasteiger partial charge in [0, 0.05) is 23.4 Å². The van der Waals surface area contributed by atoms with E-state index in [1.807, 2.05) is 68.4 Å². The van der Waals surface area contributed by atoms with E-state index in [-0.39, 0.29) is 5.91 Å². The number of hydrogen-bond acceptors (Lipinski definition) is 2. The summed E-state index contributed by atoms with van der Waals surface area (Å²) in [5.74, 6) is -0.0941. The number of nitrogens with one attached hydrogen (secondary N) is 1. The predicted molar refractivity (Wildman–Crippen MR) is 85.8 cm³/mol. The molecular weight excluding hydrogens is 260 g/mol. The molecule has 1 N–H and O–H groups in total. The molecule has 0 atom stereocenters. The second kappa shape index (κ2) is 5.17. The van der Waals surface area contributed by atoms with Crippen LogP contribution in [0.15, 0.2) is 59.6 Å². The highest BCUT2D eigenvalue weighted by atomic mass is 16.1. The fraction of sp³-hybridized carbons (Fsp3) is 0.222. The summed E-state index contributed by atoms with van der Waals surface area (Å²) < 4.78 is 0. The average Bonchev–Trinajstić information content (AvgIpc) is 2.51. The van der Waals surface area contributed by atoms with Crippen LogP contribution in [0.1, 0.15) is 25.0 Å². The van der Waals surface area contributed by atoms with Crippen LogP contribution in [0.2, 0.25) is 0 Å². The lowest BCUT2D eigenvalue weighted by Gasteiger charge is -2.26. The summed E-state index contributed by atoms with van der Waals surface area (Å²) in [7, 11) is 0. The van der Waals surface area contributed by atoms with Gasteiger partial charge in [-0.3, -0.25) is 4.79 Å². The number of benzene rings is 2. The molecular formula is C18H18N2O. The van der Waals surface area contributed by atoms with E-state index in [0.29, 0.717) is 6.54 Å². The van der Waals surface area contributed by atoms with Crippen LogP contribution in [0.5, 0.6) is 0 Å². The van der Waals surface area contributed by atoms with E-state index in [9.17, 15) is 4.79 Å². The van der Waals surface area contributed by atoms with E-state index in [0.717, 1.165) is 22.5 Å². The second-order valence-electron chi connectivity index (χ2n) is 5.91. The van der Waals surface area contributed by atoms with Gasteiger partial charge in [0.05, 0.1) is 11.1 Å². The molecule has 0 fully saturated rings. The van der Waals surface area contributed by atoms with Crippen LogP contribution >= 0.6 is 0 Å². The van der Waals surface area contributed by atoms with Crippen molar-refractivity contribution in [2.45, 2.75) is 13.8 Å². The molecule has 3 heteroatoms. The van der Waals surface area contributed by atoms with Gasteiger partial charge in [-0.05, 0) is 19.9 Å². The van der Waals surface area contributed by atoms with Crippen molar-refractivity contribution in [3.63, 3.8) is 0 Å². The molecule has 3 rings (SSSR count). The van der Waals surface area contributed by atoms with Crippen molar-refractivity contribution in [1.82, 2.24) is 0 Å². The number of hydrogen-bond donors (Lipinski definition) is 1. The Kier molecular flexibility index (Phi) is 3.34. The zero-order valence-corrected chi connectivity index (χ0v) is 12.3. The summed E-state index contributed by atoms with van der Waals surface area (Å²) in [5, 5.41) is 3.38. The third-order valence-corrected chi connectivity index (χ3v) is 3.74. The fourth-order valence-corrected chi connectivity index (χ4v) is 2.36. The third kappa shape index (κ3) is 2.59. The van der Waals surface area contributed by atoms with E-state index in [1.54, 1.807) is 0 Å². The van der Waals surface area contributed by atoms with Gasteiger partial charge in [-0.1, -0.05) is 48.5 Å². The van der Waals surface area contributed by atoms with E-state index >= 15 is 0 Å². The maximum Gasteiger partial charge on any atom is 0.253 e. The first-order valence-electron chi connectivity index (χ1n) is 7.10. The largest absolute Gasteiger partial charge is 0.383 e. The first kappa shape index (κ1) is 13.6. The minimum Gasteiger partial charge on any atom is -0.383 e. The SMILES string of the molecule is CC1(C)CNc2ccccc2C(c2ccccc2)=NC1=O. The molecule has 1 aliphatic rings. The summed E-state index contributed by atoms with van der Waals surface area (Å²) in [6.45, 7) is 4.42. The lowest BCUT2D eigenvalue weighted by molar-refractivity contribution is -0.125. The maximum absolute atomic E-state index is 12.5. The molecule has 1 aliphatic heterocycles. The lowest BCUT2D eigenvalue weighted by atomic mass is 9.90. The van der Waals surface area contributed by atoms with E-state index in [1.165, 1.54) is 0 Å². The Morgan fingerprint density at radius 3 is 2.43 bits per heavy atom. The first-order chi connectivity index (χ1) is 10.1. The average molecular weight is 278 g/mol. The van der Waals surface area contributed by atoms with Crippen molar-refractivity contribution in [2.24, 2.45) is 10.4 Å². The monoisotopic (exact) mass is 278 g/mol. The van der Waals surface area contributed by atoms with Crippen molar-refractivity contribution in [3.05, 3.63) is 65.7 Å². The van der Waals surface area contributed by atoms with Crippen LogP contribution in [0.4, 0.5) is 5.69 Å². The molecule has 0 saturated heterocycles. The molecule has 106 valence electrons. The van der Waals surface area contributed by atoms with Gasteiger partial charge in [-0.2, -0.15) is 0 Å². The minimum absolute atomic E-state index is 0.0941. The molecule has 0 spiro atoms. The highest BCUT2D eigenvalue weighted by Crippen LogP contribution is 2.27. The normalized spacial score (nSPS) is 17.0. The summed E-state index contributed by atoms with van der Waals surface area (Å²) >= 11 is 0. The van der Waals surface area contributed by atoms with Crippen molar-refractivity contribution < 1.29 is 4.79 Å². The van der Waals surface area contributed by atoms with Crippen molar-refractivity contribution >= 4 is 17.3 Å². The summed E-state index contributed by atoms with van der Waals surface area (Å²) in [6, 6.07) is 17.8. The summed E-state index contributed by atoms with van der Waals surface area (Å²) in [6.07, 6.45) is 0. The Labute approximate surface area is 124 Å². The molecule has 0 saturated carbocycles. The van der Waals surface area contributed by atoms with E-state index in [4.69, 9.17) is 0 Å². The van der Waals surface area contributed by atoms with Crippen molar-refractivity contribution in [3.8, 4) is 0 Å². The van der Waals surface area contributed by atoms with Gasteiger partial charge in [0.25, 0.3) is 5.91 Å². The molecule has 0 aromatic heterocycles. The van der Waals surface area contributed by atoms with Gasteiger partial charge >= 0.3 is 0 Å². The highest BCUT2D eigenvalue weighted by Gasteiger charge is 2.30. The van der Waals surface area contributed by atoms with E-state index in [2.05, 4.69) is 10.3 Å². The lowest BCUT2D eigenvalue weighted by Crippen LogP contribution is -2.34. The van der Waals surface area contributed by atoms with Crippen LogP contribution < -0.4 is 5.32 Å². The molecule has 2 aromatic carbocycles. The predicted octanol–water partition coefficient (Wildman–Crippen LogP) is 3.50. The molecule has 1 amide bonds. The van der Waals surface area contributed by atoms with Crippen molar-refractivity contribution in [1.29, 1.82) is 0 Å². The van der Waals surface area contributed by atoms with Crippen LogP contribution in [-0.2, 0) is 4.79 Å². The number of para-hydroxylation sites is 1. The molecule has 0 aliphatic carbocycles. The van der Waals surface area contributed by atoms with Gasteiger partial charge in [-0.15, -0.1) is 0 Å². The van der Waals surface area contributed by atoms with Crippen LogP contribution in [0, 0.1) is 5.41 Å². The Balaban J connectivity index is 2.21. The zero-order valence-electron chi connectivity index (χ0n) is 12.3. The molecule has 0 bridgehead atoms. The summed E-state index contributed by atoms with van der Waals surface area (Å²) in [5.41, 5.74) is 3.15. The van der Waals surface area contributed by atoms with Crippen LogP contribution in [-0.4, -0.2) is 18.2 Å². The Bertz CT molecular complexity index is 702. The van der Waals surface area contributed by atoms with Gasteiger partial charge < -0.3 is 5.32 Å². The highest BCUT2D eigenvalue weighted by molar-refractivity contribution is 6.20. The number of nitrogens with zero attached hydrogens (tertiary/aromatic N) is 1. The number of rotatable bonds is 1. The van der Waals surface area contributed by atoms with Gasteiger partial charge in [0.15, 0.2) is 0 Å². The smallest absolute Gasteiger partial charge is 0.253 e. The number of aliphatic imine (C=N–C) groups is 1. The Morgan fingerprint density at radius 2 is 1.67 bits per heavy atom. The standard InChI is InChI=1S/C18H18N2O/c1-18(2)12-19-15-11-7-6-10-14(15)16(20-17(18)21)13-8-4-3-5-9-13/h3-11,19H,12H2,1-2H3. The number of amides is 1. The molecule has 0 unspecified atom stereocenters. The van der Waals surface area contributed by atoms with Crippen LogP contribution in [0.3, 0.4) is 0 Å². The molecule has 1 heterocycles. The molecule has 21 heavy (non-hydrogen) atoms. The molecule has 0 radical (unpaired) electrons. The minimum atomic E-state index is -0.520. The number of anilines is 1. The van der Waals surface area contributed by atoms with Crippen molar-refractivity contribution in [2.75, 3.05) is 11.9 Å². The Morgan fingerprint density at radius 1 is 1.00 bits per heavy atom. The van der Waals surface area contributed by atoms with Gasteiger partial charge in [0.2, 0.25) is 0 Å². The fourth-order valence-electron chi connectivity index (χ4n) is 2.36. The van der Waals surface area contributed by atoms with E-state index < -0.39 is 5.41 Å². The number of carbonyl (C=O) groups is 1. The molecule has 2 aromatic rings.